The minimum atomic E-state index is -0.382. The summed E-state index contributed by atoms with van der Waals surface area (Å²) in [5, 5.41) is 6.21. The van der Waals surface area contributed by atoms with Crippen LogP contribution < -0.4 is 10.6 Å². The Balaban J connectivity index is 1.71. The fourth-order valence-electron chi connectivity index (χ4n) is 2.77. The van der Waals surface area contributed by atoms with Gasteiger partial charge in [-0.2, -0.15) is 0 Å². The molecule has 1 aromatic rings. The van der Waals surface area contributed by atoms with E-state index >= 15 is 0 Å². The standard InChI is InChI=1S/C16H19FN2O3/c17-13-4-2-1-3-12(13)16-14(5-6-15(20)19-16)18-9-11-10-21-7-8-22-11/h1-4,10,14,16,18H,5-9H2,(H,19,20)/t14-,16+/m1/s1. The zero-order valence-corrected chi connectivity index (χ0v) is 12.2. The van der Waals surface area contributed by atoms with Crippen molar-refractivity contribution in [2.24, 2.45) is 0 Å². The van der Waals surface area contributed by atoms with Gasteiger partial charge in [0, 0.05) is 18.0 Å². The van der Waals surface area contributed by atoms with Gasteiger partial charge in [-0.25, -0.2) is 4.39 Å². The molecule has 0 saturated carbocycles. The molecule has 5 nitrogen and oxygen atoms in total. The molecular weight excluding hydrogens is 287 g/mol. The smallest absolute Gasteiger partial charge is 0.220 e. The van der Waals surface area contributed by atoms with Crippen LogP contribution in [0.25, 0.3) is 0 Å². The van der Waals surface area contributed by atoms with Crippen molar-refractivity contribution < 1.29 is 18.7 Å². The van der Waals surface area contributed by atoms with E-state index in [4.69, 9.17) is 9.47 Å². The Kier molecular flexibility index (Phi) is 4.58. The summed E-state index contributed by atoms with van der Waals surface area (Å²) in [5.41, 5.74) is 0.503. The molecule has 118 valence electrons. The Morgan fingerprint density at radius 3 is 2.95 bits per heavy atom. The third-order valence-electron chi connectivity index (χ3n) is 3.88. The van der Waals surface area contributed by atoms with Crippen molar-refractivity contribution in [1.29, 1.82) is 0 Å². The summed E-state index contributed by atoms with van der Waals surface area (Å²) in [4.78, 5) is 11.7. The molecule has 2 atom stereocenters. The molecule has 1 saturated heterocycles. The molecule has 1 fully saturated rings. The molecule has 2 aliphatic heterocycles. The second-order valence-electron chi connectivity index (χ2n) is 5.40. The molecule has 0 spiro atoms. The van der Waals surface area contributed by atoms with Gasteiger partial charge in [0.15, 0.2) is 0 Å². The summed E-state index contributed by atoms with van der Waals surface area (Å²) < 4.78 is 24.7. The number of rotatable bonds is 4. The number of ether oxygens (including phenoxy) is 2. The second-order valence-corrected chi connectivity index (χ2v) is 5.40. The molecule has 2 heterocycles. The van der Waals surface area contributed by atoms with Crippen LogP contribution in [0.2, 0.25) is 0 Å². The van der Waals surface area contributed by atoms with Crippen molar-refractivity contribution >= 4 is 5.91 Å². The summed E-state index contributed by atoms with van der Waals surface area (Å²) in [6, 6.07) is 6.10. The Morgan fingerprint density at radius 2 is 2.18 bits per heavy atom. The highest BCUT2D eigenvalue weighted by molar-refractivity contribution is 5.77. The summed E-state index contributed by atoms with van der Waals surface area (Å²) in [6.45, 7) is 1.58. The molecule has 1 aromatic carbocycles. The maximum Gasteiger partial charge on any atom is 0.220 e. The number of halogens is 1. The predicted molar refractivity (Wildman–Crippen MR) is 78.3 cm³/mol. The fraction of sp³-hybridized carbons (Fsp3) is 0.438. The zero-order chi connectivity index (χ0) is 15.4. The van der Waals surface area contributed by atoms with Crippen molar-refractivity contribution in [3.8, 4) is 0 Å². The van der Waals surface area contributed by atoms with E-state index in [9.17, 15) is 9.18 Å². The van der Waals surface area contributed by atoms with E-state index in [1.54, 1.807) is 24.5 Å². The van der Waals surface area contributed by atoms with Gasteiger partial charge in [0.1, 0.15) is 31.1 Å². The third kappa shape index (κ3) is 3.39. The molecule has 6 heteroatoms. The molecule has 2 aliphatic rings. The molecule has 0 radical (unpaired) electrons. The van der Waals surface area contributed by atoms with Gasteiger partial charge < -0.3 is 20.1 Å². The van der Waals surface area contributed by atoms with Crippen LogP contribution in [0.3, 0.4) is 0 Å². The molecule has 2 N–H and O–H groups in total. The first-order chi connectivity index (χ1) is 10.7. The highest BCUT2D eigenvalue weighted by Gasteiger charge is 2.31. The summed E-state index contributed by atoms with van der Waals surface area (Å²) in [6.07, 6.45) is 2.67. The van der Waals surface area contributed by atoms with Crippen molar-refractivity contribution in [3.05, 3.63) is 47.7 Å². The van der Waals surface area contributed by atoms with Crippen LogP contribution in [0.5, 0.6) is 0 Å². The zero-order valence-electron chi connectivity index (χ0n) is 12.2. The Bertz CT molecular complexity index is 576. The minimum Gasteiger partial charge on any atom is -0.494 e. The van der Waals surface area contributed by atoms with Gasteiger partial charge >= 0.3 is 0 Å². The Hall–Kier alpha value is -2.08. The number of hydrogen-bond acceptors (Lipinski definition) is 4. The molecule has 0 aromatic heterocycles. The van der Waals surface area contributed by atoms with Gasteiger partial charge in [0.05, 0.1) is 12.6 Å². The normalized spacial score (nSPS) is 24.8. The lowest BCUT2D eigenvalue weighted by atomic mass is 9.91. The molecule has 0 unspecified atom stereocenters. The SMILES string of the molecule is O=C1CC[C@@H](NCC2=COCCO2)[C@H](c2ccccc2F)N1. The van der Waals surface area contributed by atoms with Crippen LogP contribution >= 0.6 is 0 Å². The topological polar surface area (TPSA) is 59.6 Å². The van der Waals surface area contributed by atoms with E-state index < -0.39 is 0 Å². The van der Waals surface area contributed by atoms with Crippen LogP contribution in [0.4, 0.5) is 4.39 Å². The summed E-state index contributed by atoms with van der Waals surface area (Å²) >= 11 is 0. The molecule has 22 heavy (non-hydrogen) atoms. The van der Waals surface area contributed by atoms with Crippen molar-refractivity contribution in [2.75, 3.05) is 19.8 Å². The van der Waals surface area contributed by atoms with Crippen LogP contribution in [0, 0.1) is 5.82 Å². The average Bonchev–Trinajstić information content (AvgIpc) is 2.55. The largest absolute Gasteiger partial charge is 0.494 e. The first-order valence-electron chi connectivity index (χ1n) is 7.44. The number of carbonyl (C=O) groups is 1. The molecule has 0 bridgehead atoms. The number of piperidine rings is 1. The molecular formula is C16H19FN2O3. The maximum absolute atomic E-state index is 14.0. The lowest BCUT2D eigenvalue weighted by Gasteiger charge is -2.33. The quantitative estimate of drug-likeness (QED) is 0.887. The van der Waals surface area contributed by atoms with E-state index in [-0.39, 0.29) is 23.8 Å². The number of amides is 1. The van der Waals surface area contributed by atoms with Crippen LogP contribution in [0.15, 0.2) is 36.3 Å². The fourth-order valence-corrected chi connectivity index (χ4v) is 2.77. The van der Waals surface area contributed by atoms with E-state index in [0.717, 1.165) is 5.76 Å². The van der Waals surface area contributed by atoms with Gasteiger partial charge in [-0.1, -0.05) is 18.2 Å². The van der Waals surface area contributed by atoms with Crippen molar-refractivity contribution in [2.45, 2.75) is 24.9 Å². The van der Waals surface area contributed by atoms with Gasteiger partial charge in [-0.15, -0.1) is 0 Å². The van der Waals surface area contributed by atoms with Crippen molar-refractivity contribution in [3.63, 3.8) is 0 Å². The van der Waals surface area contributed by atoms with Gasteiger partial charge in [-0.05, 0) is 12.5 Å². The second kappa shape index (κ2) is 6.79. The number of nitrogens with one attached hydrogen (secondary N) is 2. The highest BCUT2D eigenvalue weighted by Crippen LogP contribution is 2.26. The Labute approximate surface area is 128 Å². The lowest BCUT2D eigenvalue weighted by Crippen LogP contribution is -2.49. The third-order valence-corrected chi connectivity index (χ3v) is 3.88. The average molecular weight is 306 g/mol. The molecule has 0 aliphatic carbocycles. The van der Waals surface area contributed by atoms with Crippen LogP contribution in [-0.2, 0) is 14.3 Å². The summed E-state index contributed by atoms with van der Waals surface area (Å²) in [7, 11) is 0. The first-order valence-corrected chi connectivity index (χ1v) is 7.44. The predicted octanol–water partition coefficient (Wildman–Crippen LogP) is 1.62. The van der Waals surface area contributed by atoms with E-state index in [1.165, 1.54) is 6.07 Å². The van der Waals surface area contributed by atoms with Crippen LogP contribution in [-0.4, -0.2) is 31.7 Å². The number of carbonyl (C=O) groups excluding carboxylic acids is 1. The van der Waals surface area contributed by atoms with Crippen molar-refractivity contribution in [1.82, 2.24) is 10.6 Å². The number of hydrogen-bond donors (Lipinski definition) is 2. The molecule has 3 rings (SSSR count). The van der Waals surface area contributed by atoms with E-state index in [2.05, 4.69) is 10.6 Å². The van der Waals surface area contributed by atoms with E-state index in [1.807, 2.05) is 0 Å². The lowest BCUT2D eigenvalue weighted by molar-refractivity contribution is -0.123. The van der Waals surface area contributed by atoms with Gasteiger partial charge in [0.2, 0.25) is 5.91 Å². The minimum absolute atomic E-state index is 0.0530. The first kappa shape index (κ1) is 14.8. The maximum atomic E-state index is 14.0. The number of benzene rings is 1. The summed E-state index contributed by atoms with van der Waals surface area (Å²) in [5.74, 6) is 0.358. The molecule has 1 amide bonds. The van der Waals surface area contributed by atoms with Gasteiger partial charge in [0.25, 0.3) is 0 Å². The highest BCUT2D eigenvalue weighted by atomic mass is 19.1. The van der Waals surface area contributed by atoms with Crippen LogP contribution in [0.1, 0.15) is 24.4 Å². The Morgan fingerprint density at radius 1 is 1.32 bits per heavy atom. The van der Waals surface area contributed by atoms with E-state index in [0.29, 0.717) is 38.2 Å². The van der Waals surface area contributed by atoms with Gasteiger partial charge in [-0.3, -0.25) is 4.79 Å². The monoisotopic (exact) mass is 306 g/mol.